The summed E-state index contributed by atoms with van der Waals surface area (Å²) in [5.74, 6) is -0.159. The summed E-state index contributed by atoms with van der Waals surface area (Å²) in [7, 11) is 0. The molecule has 0 aromatic carbocycles. The Morgan fingerprint density at radius 2 is 2.00 bits per heavy atom. The molecule has 1 fully saturated rings. The van der Waals surface area contributed by atoms with Crippen LogP contribution in [0.3, 0.4) is 0 Å². The monoisotopic (exact) mass is 340 g/mol. The topological polar surface area (TPSA) is 75.4 Å². The largest absolute Gasteiger partial charge is 0.355 e. The van der Waals surface area contributed by atoms with Gasteiger partial charge in [0, 0.05) is 31.5 Å². The molecule has 0 aliphatic carbocycles. The molecule has 8 heteroatoms. The summed E-state index contributed by atoms with van der Waals surface area (Å²) in [4.78, 5) is 27.0. The Labute approximate surface area is 143 Å². The number of rotatable bonds is 3. The van der Waals surface area contributed by atoms with Gasteiger partial charge >= 0.3 is 0 Å². The Morgan fingerprint density at radius 3 is 2.72 bits per heavy atom. The van der Waals surface area contributed by atoms with Gasteiger partial charge in [0.15, 0.2) is 11.5 Å². The maximum Gasteiger partial charge on any atom is 0.275 e. The second-order valence-electron chi connectivity index (χ2n) is 6.10. The smallest absolute Gasteiger partial charge is 0.275 e. The molecule has 3 aromatic rings. The third kappa shape index (κ3) is 3.02. The van der Waals surface area contributed by atoms with Crippen molar-refractivity contribution >= 4 is 23.1 Å². The summed E-state index contributed by atoms with van der Waals surface area (Å²) in [6.07, 6.45) is 8.64. The Bertz CT molecular complexity index is 930. The number of nitrogens with zero attached hydrogens (tertiary/aromatic N) is 5. The average Bonchev–Trinajstić information content (AvgIpc) is 3.24. The van der Waals surface area contributed by atoms with Gasteiger partial charge in [-0.05, 0) is 19.8 Å². The van der Waals surface area contributed by atoms with Gasteiger partial charge in [-0.3, -0.25) is 4.79 Å². The van der Waals surface area contributed by atoms with E-state index < -0.39 is 11.7 Å². The Kier molecular flexibility index (Phi) is 3.79. The summed E-state index contributed by atoms with van der Waals surface area (Å²) in [6, 6.07) is 1.24. The normalized spacial score (nSPS) is 14.2. The van der Waals surface area contributed by atoms with Crippen molar-refractivity contribution in [1.82, 2.24) is 19.4 Å². The van der Waals surface area contributed by atoms with Crippen LogP contribution in [0.25, 0.3) is 5.65 Å². The molecule has 1 amide bonds. The van der Waals surface area contributed by atoms with Gasteiger partial charge in [0.2, 0.25) is 0 Å². The quantitative estimate of drug-likeness (QED) is 0.792. The lowest BCUT2D eigenvalue weighted by Crippen LogP contribution is -2.20. The molecule has 0 saturated carbocycles. The van der Waals surface area contributed by atoms with Crippen LogP contribution < -0.4 is 10.2 Å². The Morgan fingerprint density at radius 1 is 1.20 bits per heavy atom. The Hall–Kier alpha value is -3.03. The summed E-state index contributed by atoms with van der Waals surface area (Å²) in [5.41, 5.74) is 1.44. The lowest BCUT2D eigenvalue weighted by molar-refractivity contribution is 0.102. The molecule has 7 nitrogen and oxygen atoms in total. The highest BCUT2D eigenvalue weighted by Crippen LogP contribution is 2.18. The average molecular weight is 340 g/mol. The van der Waals surface area contributed by atoms with Gasteiger partial charge in [0.1, 0.15) is 11.5 Å². The minimum absolute atomic E-state index is 0.185. The first-order valence-corrected chi connectivity index (χ1v) is 8.13. The molecular weight excluding hydrogens is 323 g/mol. The standard InChI is InChI=1S/C17H17FN6O/c1-11-9-24-10-12(6-13(18)16(24)21-11)22-17(25)14-7-20-15(8-19-14)23-4-2-3-5-23/h6-10H,2-5H2,1H3,(H,22,25). The van der Waals surface area contributed by atoms with Crippen molar-refractivity contribution in [1.29, 1.82) is 0 Å². The fourth-order valence-corrected chi connectivity index (χ4v) is 2.99. The van der Waals surface area contributed by atoms with E-state index in [0.717, 1.165) is 31.7 Å². The number of aryl methyl sites for hydroxylation is 1. The number of hydrogen-bond donors (Lipinski definition) is 1. The van der Waals surface area contributed by atoms with Crippen molar-refractivity contribution in [2.24, 2.45) is 0 Å². The van der Waals surface area contributed by atoms with Crippen molar-refractivity contribution < 1.29 is 9.18 Å². The van der Waals surface area contributed by atoms with Crippen LogP contribution in [0.1, 0.15) is 29.0 Å². The van der Waals surface area contributed by atoms with Crippen LogP contribution >= 0.6 is 0 Å². The molecular formula is C17H17FN6O. The zero-order valence-corrected chi connectivity index (χ0v) is 13.7. The van der Waals surface area contributed by atoms with E-state index in [1.807, 2.05) is 0 Å². The van der Waals surface area contributed by atoms with E-state index in [1.165, 1.54) is 12.3 Å². The van der Waals surface area contributed by atoms with Crippen molar-refractivity contribution in [3.8, 4) is 0 Å². The highest BCUT2D eigenvalue weighted by Gasteiger charge is 2.16. The summed E-state index contributed by atoms with van der Waals surface area (Å²) < 4.78 is 15.6. The van der Waals surface area contributed by atoms with Gasteiger partial charge < -0.3 is 14.6 Å². The molecule has 1 aliphatic heterocycles. The third-order valence-corrected chi connectivity index (χ3v) is 4.19. The fourth-order valence-electron chi connectivity index (χ4n) is 2.99. The molecule has 0 unspecified atom stereocenters. The number of carbonyl (C=O) groups excluding carboxylic acids is 1. The van der Waals surface area contributed by atoms with Crippen LogP contribution in [0.5, 0.6) is 0 Å². The molecule has 4 rings (SSSR count). The van der Waals surface area contributed by atoms with E-state index in [4.69, 9.17) is 0 Å². The van der Waals surface area contributed by atoms with Gasteiger partial charge in [-0.1, -0.05) is 0 Å². The highest BCUT2D eigenvalue weighted by molar-refractivity contribution is 6.02. The van der Waals surface area contributed by atoms with Crippen LogP contribution in [0.4, 0.5) is 15.9 Å². The van der Waals surface area contributed by atoms with Crippen molar-refractivity contribution in [2.75, 3.05) is 23.3 Å². The maximum atomic E-state index is 14.1. The SMILES string of the molecule is Cc1cn2cc(NC(=O)c3cnc(N4CCCC4)cn3)cc(F)c2n1. The highest BCUT2D eigenvalue weighted by atomic mass is 19.1. The number of halogens is 1. The van der Waals surface area contributed by atoms with Crippen molar-refractivity contribution in [3.63, 3.8) is 0 Å². The van der Waals surface area contributed by atoms with E-state index in [9.17, 15) is 9.18 Å². The number of fused-ring (bicyclic) bond motifs is 1. The maximum absolute atomic E-state index is 14.1. The van der Waals surface area contributed by atoms with Gasteiger partial charge in [-0.25, -0.2) is 19.3 Å². The first kappa shape index (κ1) is 15.5. The van der Waals surface area contributed by atoms with Crippen molar-refractivity contribution in [2.45, 2.75) is 19.8 Å². The van der Waals surface area contributed by atoms with E-state index >= 15 is 0 Å². The fraction of sp³-hybridized carbons (Fsp3) is 0.294. The molecule has 0 spiro atoms. The second kappa shape index (κ2) is 6.12. The molecule has 0 radical (unpaired) electrons. The molecule has 128 valence electrons. The predicted octanol–water partition coefficient (Wildman–Crippen LogP) is 2.42. The van der Waals surface area contributed by atoms with E-state index in [0.29, 0.717) is 11.4 Å². The zero-order valence-electron chi connectivity index (χ0n) is 13.7. The minimum atomic E-state index is -0.499. The molecule has 0 bridgehead atoms. The molecule has 3 aromatic heterocycles. The second-order valence-corrected chi connectivity index (χ2v) is 6.10. The third-order valence-electron chi connectivity index (χ3n) is 4.19. The molecule has 1 saturated heterocycles. The zero-order chi connectivity index (χ0) is 17.4. The number of hydrogen-bond acceptors (Lipinski definition) is 5. The number of carbonyl (C=O) groups is 1. The van der Waals surface area contributed by atoms with Crippen molar-refractivity contribution in [3.05, 3.63) is 48.1 Å². The summed E-state index contributed by atoms with van der Waals surface area (Å²) in [5, 5.41) is 2.65. The number of amides is 1. The van der Waals surface area contributed by atoms with E-state index in [1.54, 1.807) is 29.9 Å². The minimum Gasteiger partial charge on any atom is -0.355 e. The Balaban J connectivity index is 1.53. The molecule has 1 aliphatic rings. The molecule has 0 atom stereocenters. The van der Waals surface area contributed by atoms with Crippen LogP contribution in [0, 0.1) is 12.7 Å². The number of anilines is 2. The lowest BCUT2D eigenvalue weighted by Gasteiger charge is -2.15. The van der Waals surface area contributed by atoms with Gasteiger partial charge in [0.05, 0.1) is 23.8 Å². The number of nitrogens with one attached hydrogen (secondary N) is 1. The van der Waals surface area contributed by atoms with Crippen LogP contribution in [-0.4, -0.2) is 38.3 Å². The van der Waals surface area contributed by atoms with Gasteiger partial charge in [0.25, 0.3) is 5.91 Å². The summed E-state index contributed by atoms with van der Waals surface area (Å²) >= 11 is 0. The van der Waals surface area contributed by atoms with Gasteiger partial charge in [-0.15, -0.1) is 0 Å². The first-order chi connectivity index (χ1) is 12.1. The van der Waals surface area contributed by atoms with E-state index in [-0.39, 0.29) is 11.3 Å². The molecule has 4 heterocycles. The number of pyridine rings is 1. The summed E-state index contributed by atoms with van der Waals surface area (Å²) in [6.45, 7) is 3.70. The van der Waals surface area contributed by atoms with Gasteiger partial charge in [-0.2, -0.15) is 0 Å². The number of aromatic nitrogens is 4. The van der Waals surface area contributed by atoms with Crippen LogP contribution in [0.15, 0.2) is 30.9 Å². The molecule has 1 N–H and O–H groups in total. The first-order valence-electron chi connectivity index (χ1n) is 8.13. The molecule has 25 heavy (non-hydrogen) atoms. The number of imidazole rings is 1. The predicted molar refractivity (Wildman–Crippen MR) is 91.3 cm³/mol. The lowest BCUT2D eigenvalue weighted by atomic mass is 10.3. The van der Waals surface area contributed by atoms with E-state index in [2.05, 4.69) is 25.2 Å². The van der Waals surface area contributed by atoms with Crippen LogP contribution in [0.2, 0.25) is 0 Å². The van der Waals surface area contributed by atoms with Crippen LogP contribution in [-0.2, 0) is 0 Å².